The van der Waals surface area contributed by atoms with Crippen LogP contribution in [0.3, 0.4) is 0 Å². The number of β-lactam (4-membered cyclic amide) rings is 1. The topological polar surface area (TPSA) is 180 Å². The molecule has 0 saturated carbocycles. The van der Waals surface area contributed by atoms with Gasteiger partial charge in [-0.1, -0.05) is 12.1 Å². The quantitative estimate of drug-likeness (QED) is 0.182. The normalized spacial score (nSPS) is 18.4. The first-order chi connectivity index (χ1) is 24.4. The monoisotopic (exact) mass is 719 g/mol. The Kier molecular flexibility index (Phi) is 8.62. The molecule has 51 heavy (non-hydrogen) atoms. The van der Waals surface area contributed by atoms with Crippen molar-refractivity contribution < 1.29 is 55.7 Å². The van der Waals surface area contributed by atoms with Gasteiger partial charge in [0, 0.05) is 40.6 Å². The van der Waals surface area contributed by atoms with Crippen molar-refractivity contribution in [3.8, 4) is 28.5 Å². The predicted octanol–water partition coefficient (Wildman–Crippen LogP) is 2.90. The lowest BCUT2D eigenvalue weighted by Crippen LogP contribution is -2.75. The van der Waals surface area contributed by atoms with Crippen LogP contribution in [0.1, 0.15) is 18.1 Å². The third kappa shape index (κ3) is 6.33. The van der Waals surface area contributed by atoms with Gasteiger partial charge in [-0.2, -0.15) is 0 Å². The standard InChI is InChI=1S/C35H30FN3O11S/c1-18(40)47-14-20-17-51(44,45)34-31(33(42)39(34)32(20)35(43)50-13-19-3-6-22(46-2)7-4-19)38-29(41)16-48-23-8-9-24-28(12-23)49-15-26-25-11-21(36)5-10-27(25)37-30(24)26/h3-12,31,34,37H,13-17H2,1-2H3,(H,38,41). The molecule has 4 aromatic rings. The molecule has 0 bridgehead atoms. The number of hydrogen-bond acceptors (Lipinski definition) is 11. The number of nitrogens with one attached hydrogen (secondary N) is 2. The molecule has 0 aliphatic carbocycles. The van der Waals surface area contributed by atoms with Gasteiger partial charge in [0.25, 0.3) is 11.8 Å². The minimum Gasteiger partial charge on any atom is -0.497 e. The number of methoxy groups -OCH3 is 1. The number of halogens is 1. The fraction of sp³-hybridized carbons (Fsp3) is 0.257. The van der Waals surface area contributed by atoms with E-state index in [-0.39, 0.29) is 36.1 Å². The summed E-state index contributed by atoms with van der Waals surface area (Å²) in [5.41, 5.74) is 3.15. The molecule has 2 N–H and O–H groups in total. The van der Waals surface area contributed by atoms with Crippen molar-refractivity contribution in [1.29, 1.82) is 0 Å². The van der Waals surface area contributed by atoms with Crippen molar-refractivity contribution in [2.75, 3.05) is 26.1 Å². The zero-order valence-electron chi connectivity index (χ0n) is 27.2. The minimum absolute atomic E-state index is 0.135. The highest BCUT2D eigenvalue weighted by Gasteiger charge is 2.60. The first-order valence-electron chi connectivity index (χ1n) is 15.6. The van der Waals surface area contributed by atoms with Crippen LogP contribution in [0.4, 0.5) is 4.39 Å². The van der Waals surface area contributed by atoms with Crippen molar-refractivity contribution in [3.05, 3.63) is 88.9 Å². The van der Waals surface area contributed by atoms with E-state index in [1.807, 2.05) is 0 Å². The van der Waals surface area contributed by atoms with E-state index in [9.17, 15) is 32.0 Å². The van der Waals surface area contributed by atoms with Gasteiger partial charge in [0.1, 0.15) is 54.6 Å². The number of esters is 2. The van der Waals surface area contributed by atoms with Gasteiger partial charge in [0.05, 0.1) is 18.6 Å². The van der Waals surface area contributed by atoms with Crippen molar-refractivity contribution >= 4 is 44.5 Å². The maximum absolute atomic E-state index is 13.9. The number of rotatable bonds is 10. The molecule has 1 saturated heterocycles. The molecule has 1 aromatic heterocycles. The van der Waals surface area contributed by atoms with Crippen molar-refractivity contribution in [3.63, 3.8) is 0 Å². The number of nitrogens with zero attached hydrogens (tertiary/aromatic N) is 1. The molecule has 14 nitrogen and oxygen atoms in total. The molecule has 3 aromatic carbocycles. The summed E-state index contributed by atoms with van der Waals surface area (Å²) >= 11 is 0. The maximum Gasteiger partial charge on any atom is 0.355 e. The Hall–Kier alpha value is -5.90. The van der Waals surface area contributed by atoms with Crippen molar-refractivity contribution in [2.45, 2.75) is 31.6 Å². The minimum atomic E-state index is -4.17. The molecule has 264 valence electrons. The van der Waals surface area contributed by atoms with Gasteiger partial charge in [-0.15, -0.1) is 0 Å². The zero-order chi connectivity index (χ0) is 36.0. The molecule has 2 unspecified atom stereocenters. The molecule has 4 heterocycles. The third-order valence-corrected chi connectivity index (χ3v) is 10.7. The zero-order valence-corrected chi connectivity index (χ0v) is 28.0. The second kappa shape index (κ2) is 13.1. The lowest BCUT2D eigenvalue weighted by atomic mass is 10.0. The number of fused-ring (bicyclic) bond motifs is 6. The van der Waals surface area contributed by atoms with Crippen LogP contribution in [0.5, 0.6) is 17.2 Å². The molecule has 0 radical (unpaired) electrons. The van der Waals surface area contributed by atoms with E-state index in [2.05, 4.69) is 10.3 Å². The summed E-state index contributed by atoms with van der Waals surface area (Å²) in [6, 6.07) is 14.5. The molecule has 3 aliphatic heterocycles. The fourth-order valence-corrected chi connectivity index (χ4v) is 8.29. The Bertz CT molecular complexity index is 2250. The van der Waals surface area contributed by atoms with E-state index >= 15 is 0 Å². The van der Waals surface area contributed by atoms with Crippen LogP contribution >= 0.6 is 0 Å². The second-order valence-electron chi connectivity index (χ2n) is 12.0. The van der Waals surface area contributed by atoms with Gasteiger partial charge in [0.2, 0.25) is 0 Å². The molecule has 1 fully saturated rings. The van der Waals surface area contributed by atoms with Crippen LogP contribution in [-0.2, 0) is 51.7 Å². The van der Waals surface area contributed by atoms with E-state index in [4.69, 9.17) is 23.7 Å². The number of aromatic amines is 1. The second-order valence-corrected chi connectivity index (χ2v) is 14.1. The maximum atomic E-state index is 13.9. The van der Waals surface area contributed by atoms with Gasteiger partial charge >= 0.3 is 11.9 Å². The van der Waals surface area contributed by atoms with Gasteiger partial charge < -0.3 is 34.0 Å². The Morgan fingerprint density at radius 1 is 1.02 bits per heavy atom. The average molecular weight is 720 g/mol. The highest BCUT2D eigenvalue weighted by Crippen LogP contribution is 2.42. The molecule has 2 amide bonds. The smallest absolute Gasteiger partial charge is 0.355 e. The summed E-state index contributed by atoms with van der Waals surface area (Å²) in [7, 11) is -2.66. The Morgan fingerprint density at radius 3 is 2.53 bits per heavy atom. The van der Waals surface area contributed by atoms with E-state index in [0.717, 1.165) is 28.6 Å². The molecule has 2 atom stereocenters. The number of benzene rings is 3. The highest BCUT2D eigenvalue weighted by molar-refractivity contribution is 7.92. The SMILES string of the molecule is COc1ccc(COC(=O)C2=C(COC(C)=O)CS(=O)(=O)C3C(NC(=O)COc4ccc5c(c4)OCc4c-5[nH]c5ccc(F)cc45)C(=O)N23)cc1. The third-order valence-electron chi connectivity index (χ3n) is 8.68. The highest BCUT2D eigenvalue weighted by atomic mass is 32.2. The molecule has 3 aliphatic rings. The van der Waals surface area contributed by atoms with Crippen LogP contribution in [0.25, 0.3) is 22.2 Å². The molecular formula is C35H30FN3O11S. The first-order valence-corrected chi connectivity index (χ1v) is 17.3. The van der Waals surface area contributed by atoms with Crippen LogP contribution in [-0.4, -0.2) is 79.5 Å². The summed E-state index contributed by atoms with van der Waals surface area (Å²) in [6.45, 7) is -0.0463. The van der Waals surface area contributed by atoms with E-state index in [0.29, 0.717) is 28.0 Å². The lowest BCUT2D eigenvalue weighted by Gasteiger charge is -2.49. The molecular weight excluding hydrogens is 689 g/mol. The number of carbonyl (C=O) groups excluding carboxylic acids is 4. The van der Waals surface area contributed by atoms with Crippen LogP contribution in [0.15, 0.2) is 71.9 Å². The van der Waals surface area contributed by atoms with E-state index in [1.165, 1.54) is 19.2 Å². The predicted molar refractivity (Wildman–Crippen MR) is 176 cm³/mol. The lowest BCUT2D eigenvalue weighted by molar-refractivity contribution is -0.154. The summed E-state index contributed by atoms with van der Waals surface area (Å²) in [4.78, 5) is 55.3. The van der Waals surface area contributed by atoms with Crippen LogP contribution < -0.4 is 19.5 Å². The summed E-state index contributed by atoms with van der Waals surface area (Å²) in [5, 5.41) is 1.52. The summed E-state index contributed by atoms with van der Waals surface area (Å²) in [5.74, 6) is -3.15. The Labute approximate surface area is 290 Å². The van der Waals surface area contributed by atoms with Gasteiger partial charge in [-0.3, -0.25) is 19.3 Å². The van der Waals surface area contributed by atoms with Crippen LogP contribution in [0, 0.1) is 5.82 Å². The molecule has 7 rings (SSSR count). The van der Waals surface area contributed by atoms with Gasteiger partial charge in [-0.05, 0) is 48.0 Å². The first kappa shape index (κ1) is 33.6. The number of H-pyrrole nitrogens is 1. The number of carbonyl (C=O) groups is 4. The summed E-state index contributed by atoms with van der Waals surface area (Å²) in [6.07, 6.45) is 0. The van der Waals surface area contributed by atoms with E-state index in [1.54, 1.807) is 48.5 Å². The van der Waals surface area contributed by atoms with E-state index < -0.39 is 64.0 Å². The number of aromatic nitrogens is 1. The fourth-order valence-electron chi connectivity index (χ4n) is 6.28. The number of ether oxygens (including phenoxy) is 5. The molecule has 0 spiro atoms. The van der Waals surface area contributed by atoms with Gasteiger partial charge in [0.15, 0.2) is 21.8 Å². The number of hydrogen-bond donors (Lipinski definition) is 2. The van der Waals surface area contributed by atoms with Crippen molar-refractivity contribution in [2.24, 2.45) is 0 Å². The number of sulfone groups is 1. The Morgan fingerprint density at radius 2 is 1.78 bits per heavy atom. The largest absolute Gasteiger partial charge is 0.497 e. The Balaban J connectivity index is 1.03. The van der Waals surface area contributed by atoms with Crippen LogP contribution in [0.2, 0.25) is 0 Å². The average Bonchev–Trinajstić information content (AvgIpc) is 3.48. The summed E-state index contributed by atoms with van der Waals surface area (Å²) < 4.78 is 67.7. The van der Waals surface area contributed by atoms with Crippen molar-refractivity contribution in [1.82, 2.24) is 15.2 Å². The molecule has 16 heteroatoms. The van der Waals surface area contributed by atoms with Gasteiger partial charge in [-0.25, -0.2) is 17.6 Å². The number of amides is 2.